The van der Waals surface area contributed by atoms with Crippen LogP contribution in [0.2, 0.25) is 0 Å². The highest BCUT2D eigenvalue weighted by Crippen LogP contribution is 2.31. The molecule has 5 heteroatoms. The number of hydrogen-bond donors (Lipinski definition) is 0. The predicted molar refractivity (Wildman–Crippen MR) is 111 cm³/mol. The van der Waals surface area contributed by atoms with Crippen LogP contribution in [0.4, 0.5) is 0 Å². The summed E-state index contributed by atoms with van der Waals surface area (Å²) >= 11 is 1.73. The van der Waals surface area contributed by atoms with Crippen molar-refractivity contribution in [3.05, 3.63) is 65.4 Å². The molecule has 0 saturated carbocycles. The first kappa shape index (κ1) is 17.9. The first-order chi connectivity index (χ1) is 13.2. The molecule has 0 atom stereocenters. The van der Waals surface area contributed by atoms with E-state index in [-0.39, 0.29) is 5.97 Å². The zero-order valence-electron chi connectivity index (χ0n) is 15.6. The molecule has 27 heavy (non-hydrogen) atoms. The summed E-state index contributed by atoms with van der Waals surface area (Å²) in [5.41, 5.74) is 4.43. The molecule has 0 aliphatic carbocycles. The van der Waals surface area contributed by atoms with Crippen LogP contribution in [0.15, 0.2) is 58.4 Å². The molecule has 2 heterocycles. The first-order valence-electron chi connectivity index (χ1n) is 9.19. The van der Waals surface area contributed by atoms with Gasteiger partial charge in [0.25, 0.3) is 0 Å². The fraction of sp³-hybridized carbons (Fsp3) is 0.273. The van der Waals surface area contributed by atoms with Crippen LogP contribution in [0.3, 0.4) is 0 Å². The molecule has 0 unspecified atom stereocenters. The van der Waals surface area contributed by atoms with Crippen LogP contribution in [-0.4, -0.2) is 35.8 Å². The molecule has 0 bridgehead atoms. The number of aromatic nitrogens is 1. The second-order valence-electron chi connectivity index (χ2n) is 6.44. The van der Waals surface area contributed by atoms with Gasteiger partial charge in [0.15, 0.2) is 0 Å². The van der Waals surface area contributed by atoms with Crippen molar-refractivity contribution in [2.75, 3.05) is 19.4 Å². The largest absolute Gasteiger partial charge is 0.466 e. The van der Waals surface area contributed by atoms with Crippen LogP contribution >= 0.6 is 11.8 Å². The van der Waals surface area contributed by atoms with E-state index in [0.29, 0.717) is 13.0 Å². The third-order valence-corrected chi connectivity index (χ3v) is 5.63. The van der Waals surface area contributed by atoms with Crippen LogP contribution in [0, 0.1) is 0 Å². The maximum atomic E-state index is 12.2. The van der Waals surface area contributed by atoms with Gasteiger partial charge < -0.3 is 4.74 Å². The van der Waals surface area contributed by atoms with E-state index >= 15 is 0 Å². The van der Waals surface area contributed by atoms with E-state index in [1.165, 1.54) is 10.6 Å². The van der Waals surface area contributed by atoms with Crippen LogP contribution in [-0.2, 0) is 22.4 Å². The zero-order valence-corrected chi connectivity index (χ0v) is 16.4. The zero-order chi connectivity index (χ0) is 18.8. The van der Waals surface area contributed by atoms with Gasteiger partial charge >= 0.3 is 5.97 Å². The average molecular weight is 378 g/mol. The Morgan fingerprint density at radius 3 is 2.70 bits per heavy atom. The van der Waals surface area contributed by atoms with E-state index in [1.807, 2.05) is 19.1 Å². The minimum atomic E-state index is -0.176. The van der Waals surface area contributed by atoms with Crippen LogP contribution in [0.5, 0.6) is 0 Å². The van der Waals surface area contributed by atoms with E-state index in [4.69, 9.17) is 9.73 Å². The predicted octanol–water partition coefficient (Wildman–Crippen LogP) is 4.32. The Kier molecular flexibility index (Phi) is 5.03. The molecule has 0 saturated heterocycles. The fourth-order valence-corrected chi connectivity index (χ4v) is 4.12. The Balaban J connectivity index is 1.85. The molecule has 3 aromatic rings. The number of rotatable bonds is 5. The lowest BCUT2D eigenvalue weighted by Crippen LogP contribution is -2.23. The molecule has 0 N–H and O–H groups in total. The monoisotopic (exact) mass is 378 g/mol. The molecular formula is C22H22N2O2S. The third-order valence-electron chi connectivity index (χ3n) is 4.88. The fourth-order valence-electron chi connectivity index (χ4n) is 3.72. The summed E-state index contributed by atoms with van der Waals surface area (Å²) in [6.07, 6.45) is 3.21. The lowest BCUT2D eigenvalue weighted by molar-refractivity contribution is -0.142. The van der Waals surface area contributed by atoms with Crippen molar-refractivity contribution < 1.29 is 9.53 Å². The minimum Gasteiger partial charge on any atom is -0.466 e. The Morgan fingerprint density at radius 1 is 1.19 bits per heavy atom. The highest BCUT2D eigenvalue weighted by molar-refractivity contribution is 7.98. The van der Waals surface area contributed by atoms with Crippen molar-refractivity contribution in [2.45, 2.75) is 24.7 Å². The molecular weight excluding hydrogens is 356 g/mol. The summed E-state index contributed by atoms with van der Waals surface area (Å²) < 4.78 is 7.44. The van der Waals surface area contributed by atoms with Crippen molar-refractivity contribution in [3.8, 4) is 0 Å². The maximum absolute atomic E-state index is 12.2. The number of para-hydroxylation sites is 1. The maximum Gasteiger partial charge on any atom is 0.310 e. The van der Waals surface area contributed by atoms with Gasteiger partial charge in [0.2, 0.25) is 0 Å². The third kappa shape index (κ3) is 3.28. The topological polar surface area (TPSA) is 43.6 Å². The number of hydrogen-bond acceptors (Lipinski definition) is 4. The molecule has 1 aliphatic rings. The quantitative estimate of drug-likeness (QED) is 0.491. The van der Waals surface area contributed by atoms with Gasteiger partial charge in [-0.2, -0.15) is 0 Å². The summed E-state index contributed by atoms with van der Waals surface area (Å²) in [5, 5.41) is 1.11. The second-order valence-corrected chi connectivity index (χ2v) is 7.32. The summed E-state index contributed by atoms with van der Waals surface area (Å²) in [5.74, 6) is 0.778. The number of ether oxygens (including phenoxy) is 1. The van der Waals surface area contributed by atoms with Gasteiger partial charge in [-0.05, 0) is 36.9 Å². The van der Waals surface area contributed by atoms with Crippen molar-refractivity contribution in [1.29, 1.82) is 0 Å². The number of carbonyl (C=O) groups is 1. The number of esters is 1. The van der Waals surface area contributed by atoms with Gasteiger partial charge in [-0.25, -0.2) is 0 Å². The molecule has 138 valence electrons. The molecule has 0 fully saturated rings. The molecule has 4 nitrogen and oxygen atoms in total. The van der Waals surface area contributed by atoms with Gasteiger partial charge in [0, 0.05) is 34.5 Å². The Bertz CT molecular complexity index is 1020. The van der Waals surface area contributed by atoms with E-state index < -0.39 is 0 Å². The summed E-state index contributed by atoms with van der Waals surface area (Å²) in [6.45, 7) is 2.97. The number of fused-ring (bicyclic) bond motifs is 3. The number of thioether (sulfide) groups is 1. The molecule has 0 spiro atoms. The van der Waals surface area contributed by atoms with Crippen LogP contribution in [0.1, 0.15) is 23.7 Å². The Morgan fingerprint density at radius 2 is 1.96 bits per heavy atom. The van der Waals surface area contributed by atoms with Crippen molar-refractivity contribution in [3.63, 3.8) is 0 Å². The smallest absolute Gasteiger partial charge is 0.310 e. The van der Waals surface area contributed by atoms with Gasteiger partial charge in [0.1, 0.15) is 5.84 Å². The van der Waals surface area contributed by atoms with Crippen molar-refractivity contribution in [2.24, 2.45) is 4.99 Å². The van der Waals surface area contributed by atoms with E-state index in [1.54, 1.807) is 11.8 Å². The van der Waals surface area contributed by atoms with Crippen molar-refractivity contribution >= 4 is 34.5 Å². The Labute approximate surface area is 163 Å². The molecule has 1 aliphatic heterocycles. The van der Waals surface area contributed by atoms with Gasteiger partial charge in [-0.3, -0.25) is 14.4 Å². The van der Waals surface area contributed by atoms with E-state index in [0.717, 1.165) is 40.8 Å². The molecule has 0 amide bonds. The average Bonchev–Trinajstić information content (AvgIpc) is 3.02. The normalized spacial score (nSPS) is 13.3. The number of nitrogens with zero attached hydrogens (tertiary/aromatic N) is 2. The SMILES string of the molecule is CCOC(=O)Cc1c2n(c3ccccc13)C(c1ccc(SC)cc1)=NCC2. The summed E-state index contributed by atoms with van der Waals surface area (Å²) in [7, 11) is 0. The lowest BCUT2D eigenvalue weighted by Gasteiger charge is -2.19. The van der Waals surface area contributed by atoms with Crippen LogP contribution < -0.4 is 0 Å². The van der Waals surface area contributed by atoms with Gasteiger partial charge in [0.05, 0.1) is 18.5 Å². The standard InChI is InChI=1S/C22H22N2O2S/c1-3-26-21(25)14-18-17-6-4-5-7-19(17)24-20(18)12-13-23-22(24)15-8-10-16(27-2)11-9-15/h4-11H,3,12-14H2,1-2H3. The number of benzene rings is 2. The number of carbonyl (C=O) groups excluding carboxylic acids is 1. The summed E-state index contributed by atoms with van der Waals surface area (Å²) in [4.78, 5) is 18.3. The highest BCUT2D eigenvalue weighted by atomic mass is 32.2. The van der Waals surface area contributed by atoms with Gasteiger partial charge in [-0.15, -0.1) is 11.8 Å². The highest BCUT2D eigenvalue weighted by Gasteiger charge is 2.24. The minimum absolute atomic E-state index is 0.176. The Hall–Kier alpha value is -2.53. The molecule has 2 aromatic carbocycles. The van der Waals surface area contributed by atoms with Gasteiger partial charge in [-0.1, -0.05) is 30.3 Å². The second kappa shape index (κ2) is 7.61. The molecule has 4 rings (SSSR count). The first-order valence-corrected chi connectivity index (χ1v) is 10.4. The molecule has 1 aromatic heterocycles. The summed E-state index contributed by atoms with van der Waals surface area (Å²) in [6, 6.07) is 16.7. The lowest BCUT2D eigenvalue weighted by atomic mass is 10.1. The van der Waals surface area contributed by atoms with Crippen LogP contribution in [0.25, 0.3) is 10.9 Å². The van der Waals surface area contributed by atoms with E-state index in [2.05, 4.69) is 47.2 Å². The van der Waals surface area contributed by atoms with Crippen molar-refractivity contribution in [1.82, 2.24) is 4.57 Å². The van der Waals surface area contributed by atoms with E-state index in [9.17, 15) is 4.79 Å². The molecule has 0 radical (unpaired) electrons. The number of aliphatic imine (C=N–C) groups is 1.